The second-order valence-electron chi connectivity index (χ2n) is 4.19. The minimum atomic E-state index is -1.35. The van der Waals surface area contributed by atoms with E-state index in [1.165, 1.54) is 11.3 Å². The van der Waals surface area contributed by atoms with Gasteiger partial charge in [-0.05, 0) is 30.5 Å². The molecule has 0 aliphatic rings. The Morgan fingerprint density at radius 3 is 2.45 bits per heavy atom. The first-order valence-electron chi connectivity index (χ1n) is 6.02. The van der Waals surface area contributed by atoms with Crippen LogP contribution in [0.1, 0.15) is 22.2 Å². The summed E-state index contributed by atoms with van der Waals surface area (Å²) in [5.74, 6) is -3.07. The van der Waals surface area contributed by atoms with Gasteiger partial charge in [0.1, 0.15) is 17.3 Å². The maximum Gasteiger partial charge on any atom is 0.335 e. The van der Waals surface area contributed by atoms with E-state index in [9.17, 15) is 13.6 Å². The molecule has 0 saturated heterocycles. The normalized spacial score (nSPS) is 10.6. The molecule has 0 bridgehead atoms. The molecule has 0 saturated carbocycles. The molecular weight excluding hydrogens is 284 g/mol. The van der Waals surface area contributed by atoms with Gasteiger partial charge in [0.2, 0.25) is 0 Å². The van der Waals surface area contributed by atoms with E-state index in [4.69, 9.17) is 5.11 Å². The van der Waals surface area contributed by atoms with Gasteiger partial charge >= 0.3 is 5.97 Å². The highest BCUT2D eigenvalue weighted by atomic mass is 32.1. The number of carbonyl (C=O) groups is 1. The Morgan fingerprint density at radius 1 is 1.35 bits per heavy atom. The summed E-state index contributed by atoms with van der Waals surface area (Å²) in [5.41, 5.74) is -0.582. The van der Waals surface area contributed by atoms with E-state index in [2.05, 4.69) is 0 Å². The van der Waals surface area contributed by atoms with Gasteiger partial charge in [-0.15, -0.1) is 11.3 Å². The Bertz CT molecular complexity index is 591. The van der Waals surface area contributed by atoms with Crippen LogP contribution in [0.25, 0.3) is 0 Å². The number of carboxylic acid groups (broad SMARTS) is 1. The molecule has 20 heavy (non-hydrogen) atoms. The molecule has 2 aromatic rings. The van der Waals surface area contributed by atoms with Gasteiger partial charge in [-0.3, -0.25) is 0 Å². The van der Waals surface area contributed by atoms with Crippen molar-refractivity contribution in [1.29, 1.82) is 0 Å². The minimum absolute atomic E-state index is 0.189. The Labute approximate surface area is 119 Å². The third-order valence-corrected chi connectivity index (χ3v) is 3.75. The number of hydrogen-bond acceptors (Lipinski definition) is 3. The monoisotopic (exact) mass is 297 g/mol. The van der Waals surface area contributed by atoms with Crippen molar-refractivity contribution in [2.24, 2.45) is 0 Å². The zero-order chi connectivity index (χ0) is 14.7. The van der Waals surface area contributed by atoms with Crippen molar-refractivity contribution < 1.29 is 18.7 Å². The molecule has 2 rings (SSSR count). The summed E-state index contributed by atoms with van der Waals surface area (Å²) in [6.07, 6.45) is 0. The number of rotatable bonds is 5. The van der Waals surface area contributed by atoms with Gasteiger partial charge in [0, 0.05) is 11.4 Å². The Hall–Kier alpha value is -1.95. The molecule has 0 amide bonds. The van der Waals surface area contributed by atoms with Crippen LogP contribution in [0.4, 0.5) is 14.5 Å². The zero-order valence-electron chi connectivity index (χ0n) is 10.8. The molecule has 1 aromatic heterocycles. The molecule has 0 fully saturated rings. The smallest absolute Gasteiger partial charge is 0.335 e. The first-order chi connectivity index (χ1) is 9.52. The fourth-order valence-electron chi connectivity index (χ4n) is 1.93. The summed E-state index contributed by atoms with van der Waals surface area (Å²) in [4.78, 5) is 13.3. The largest absolute Gasteiger partial charge is 0.478 e. The van der Waals surface area contributed by atoms with E-state index in [-0.39, 0.29) is 5.69 Å². The highest BCUT2D eigenvalue weighted by Gasteiger charge is 2.19. The summed E-state index contributed by atoms with van der Waals surface area (Å²) < 4.78 is 28.0. The second kappa shape index (κ2) is 6.00. The highest BCUT2D eigenvalue weighted by molar-refractivity contribution is 7.09. The lowest BCUT2D eigenvalue weighted by Crippen LogP contribution is -2.24. The fraction of sp³-hybridized carbons (Fsp3) is 0.214. The Balaban J connectivity index is 2.37. The molecule has 0 radical (unpaired) electrons. The van der Waals surface area contributed by atoms with Crippen molar-refractivity contribution in [3.05, 3.63) is 51.7 Å². The molecular formula is C14H13F2NO2S. The second-order valence-corrected chi connectivity index (χ2v) is 5.22. The van der Waals surface area contributed by atoms with Crippen molar-refractivity contribution in [2.75, 3.05) is 11.4 Å². The predicted octanol–water partition coefficient (Wildman–Crippen LogP) is 3.75. The zero-order valence-corrected chi connectivity index (χ0v) is 11.6. The number of thiophene rings is 1. The quantitative estimate of drug-likeness (QED) is 0.913. The van der Waals surface area contributed by atoms with Crippen LogP contribution in [0.15, 0.2) is 29.6 Å². The molecule has 0 aliphatic carbocycles. The molecule has 1 N–H and O–H groups in total. The van der Waals surface area contributed by atoms with E-state index >= 15 is 0 Å². The van der Waals surface area contributed by atoms with Gasteiger partial charge in [0.15, 0.2) is 0 Å². The topological polar surface area (TPSA) is 40.5 Å². The average molecular weight is 297 g/mol. The molecule has 106 valence electrons. The first kappa shape index (κ1) is 14.5. The van der Waals surface area contributed by atoms with Crippen molar-refractivity contribution in [3.8, 4) is 0 Å². The number of carboxylic acids is 1. The minimum Gasteiger partial charge on any atom is -0.478 e. The van der Waals surface area contributed by atoms with Crippen LogP contribution in [-0.4, -0.2) is 17.6 Å². The van der Waals surface area contributed by atoms with Crippen LogP contribution < -0.4 is 4.90 Å². The van der Waals surface area contributed by atoms with Gasteiger partial charge in [0.05, 0.1) is 12.1 Å². The van der Waals surface area contributed by atoms with Gasteiger partial charge in [-0.2, -0.15) is 0 Å². The molecule has 0 aliphatic heterocycles. The van der Waals surface area contributed by atoms with Gasteiger partial charge < -0.3 is 10.0 Å². The molecule has 0 unspecified atom stereocenters. The Morgan fingerprint density at radius 2 is 2.00 bits per heavy atom. The van der Waals surface area contributed by atoms with Crippen LogP contribution in [0.2, 0.25) is 0 Å². The number of hydrogen-bond donors (Lipinski definition) is 1. The van der Waals surface area contributed by atoms with Crippen LogP contribution in [0, 0.1) is 11.6 Å². The van der Waals surface area contributed by atoms with Crippen LogP contribution in [0.5, 0.6) is 0 Å². The lowest BCUT2D eigenvalue weighted by molar-refractivity contribution is 0.0696. The van der Waals surface area contributed by atoms with Crippen molar-refractivity contribution in [2.45, 2.75) is 13.5 Å². The summed E-state index contributed by atoms with van der Waals surface area (Å²) >= 11 is 1.50. The van der Waals surface area contributed by atoms with Gasteiger partial charge in [-0.1, -0.05) is 6.07 Å². The van der Waals surface area contributed by atoms with Crippen molar-refractivity contribution >= 4 is 23.0 Å². The molecule has 1 heterocycles. The third-order valence-electron chi connectivity index (χ3n) is 2.89. The van der Waals surface area contributed by atoms with E-state index in [0.717, 1.165) is 17.0 Å². The maximum absolute atomic E-state index is 14.0. The highest BCUT2D eigenvalue weighted by Crippen LogP contribution is 2.27. The lowest BCUT2D eigenvalue weighted by Gasteiger charge is -2.23. The standard InChI is InChI=1S/C14H13F2NO2S/c1-2-17(8-10-4-3-5-20-10)13-11(15)6-9(14(18)19)7-12(13)16/h3-7H,2,8H2,1H3,(H,18,19). The van der Waals surface area contributed by atoms with Crippen LogP contribution in [0.3, 0.4) is 0 Å². The predicted molar refractivity (Wildman–Crippen MR) is 74.4 cm³/mol. The summed E-state index contributed by atoms with van der Waals surface area (Å²) in [5, 5.41) is 10.7. The van der Waals surface area contributed by atoms with E-state index in [1.54, 1.807) is 11.8 Å². The van der Waals surface area contributed by atoms with Gasteiger partial charge in [0.25, 0.3) is 0 Å². The maximum atomic E-state index is 14.0. The van der Waals surface area contributed by atoms with E-state index in [1.807, 2.05) is 17.5 Å². The molecule has 6 heteroatoms. The number of aromatic carboxylic acids is 1. The summed E-state index contributed by atoms with van der Waals surface area (Å²) in [6, 6.07) is 5.44. The third kappa shape index (κ3) is 2.96. The summed E-state index contributed by atoms with van der Waals surface area (Å²) in [6.45, 7) is 2.59. The number of halogens is 2. The van der Waals surface area contributed by atoms with E-state index < -0.39 is 23.2 Å². The number of anilines is 1. The Kier molecular flexibility index (Phi) is 4.34. The SMILES string of the molecule is CCN(Cc1cccs1)c1c(F)cc(C(=O)O)cc1F. The lowest BCUT2D eigenvalue weighted by atomic mass is 10.1. The van der Waals surface area contributed by atoms with Crippen LogP contribution in [-0.2, 0) is 6.54 Å². The van der Waals surface area contributed by atoms with Gasteiger partial charge in [-0.25, -0.2) is 13.6 Å². The van der Waals surface area contributed by atoms with Crippen molar-refractivity contribution in [3.63, 3.8) is 0 Å². The summed E-state index contributed by atoms with van der Waals surface area (Å²) in [7, 11) is 0. The molecule has 0 atom stereocenters. The molecule has 1 aromatic carbocycles. The first-order valence-corrected chi connectivity index (χ1v) is 6.90. The van der Waals surface area contributed by atoms with Crippen molar-refractivity contribution in [1.82, 2.24) is 0 Å². The number of benzene rings is 1. The molecule has 0 spiro atoms. The fourth-order valence-corrected chi connectivity index (χ4v) is 2.65. The van der Waals surface area contributed by atoms with E-state index in [0.29, 0.717) is 13.1 Å². The molecule has 3 nitrogen and oxygen atoms in total. The average Bonchev–Trinajstić information content (AvgIpc) is 2.89. The number of nitrogens with zero attached hydrogens (tertiary/aromatic N) is 1. The van der Waals surface area contributed by atoms with Crippen LogP contribution >= 0.6 is 11.3 Å².